The smallest absolute Gasteiger partial charge is 0.150 e. The molecule has 1 aliphatic carbocycles. The Hall–Kier alpha value is -0.250. The first-order valence-corrected chi connectivity index (χ1v) is 6.66. The molecule has 0 amide bonds. The zero-order valence-corrected chi connectivity index (χ0v) is 9.20. The average Bonchev–Trinajstić information content (AvgIpc) is 2.04. The highest BCUT2D eigenvalue weighted by Crippen LogP contribution is 2.25. The van der Waals surface area contributed by atoms with Crippen LogP contribution in [0.15, 0.2) is 4.99 Å². The number of rotatable bonds is 2. The molecule has 1 saturated carbocycles. The van der Waals surface area contributed by atoms with Crippen molar-refractivity contribution in [2.75, 3.05) is 6.26 Å². The van der Waals surface area contributed by atoms with Gasteiger partial charge in [0.1, 0.15) is 9.84 Å². The maximum atomic E-state index is 11.2. The number of isothiocyanates is 1. The molecule has 0 atom stereocenters. The molecule has 1 aliphatic rings. The van der Waals surface area contributed by atoms with Gasteiger partial charge in [-0.15, -0.1) is 0 Å². The second-order valence-corrected chi connectivity index (χ2v) is 5.99. The third-order valence-electron chi connectivity index (χ3n) is 2.48. The summed E-state index contributed by atoms with van der Waals surface area (Å²) in [5, 5.41) is 2.19. The van der Waals surface area contributed by atoms with Gasteiger partial charge in [-0.2, -0.15) is 0 Å². The van der Waals surface area contributed by atoms with E-state index in [-0.39, 0.29) is 11.3 Å². The van der Waals surface area contributed by atoms with Gasteiger partial charge in [-0.25, -0.2) is 13.4 Å². The van der Waals surface area contributed by atoms with Crippen LogP contribution in [0.4, 0.5) is 0 Å². The number of hydrogen-bond acceptors (Lipinski definition) is 4. The van der Waals surface area contributed by atoms with Crippen molar-refractivity contribution in [2.24, 2.45) is 4.99 Å². The Morgan fingerprint density at radius 2 is 1.85 bits per heavy atom. The third-order valence-corrected chi connectivity index (χ3v) is 4.27. The second-order valence-electron chi connectivity index (χ2n) is 3.48. The van der Waals surface area contributed by atoms with E-state index in [0.29, 0.717) is 12.8 Å². The monoisotopic (exact) mass is 219 g/mol. The molecule has 0 N–H and O–H groups in total. The summed E-state index contributed by atoms with van der Waals surface area (Å²) in [4.78, 5) is 3.97. The van der Waals surface area contributed by atoms with Crippen LogP contribution in [0.2, 0.25) is 0 Å². The molecule has 0 spiro atoms. The normalized spacial score (nSPS) is 29.3. The summed E-state index contributed by atoms with van der Waals surface area (Å²) in [6, 6.07) is 0.204. The van der Waals surface area contributed by atoms with E-state index in [1.54, 1.807) is 0 Å². The first-order chi connectivity index (χ1) is 6.04. The zero-order chi connectivity index (χ0) is 9.90. The lowest BCUT2D eigenvalue weighted by atomic mass is 9.96. The minimum Gasteiger partial charge on any atom is -0.229 e. The predicted molar refractivity (Wildman–Crippen MR) is 55.9 cm³/mol. The van der Waals surface area contributed by atoms with Gasteiger partial charge in [0.05, 0.1) is 16.5 Å². The molecule has 3 nitrogen and oxygen atoms in total. The highest BCUT2D eigenvalue weighted by atomic mass is 32.2. The summed E-state index contributed by atoms with van der Waals surface area (Å²) in [6.45, 7) is 0. The van der Waals surface area contributed by atoms with Gasteiger partial charge in [-0.3, -0.25) is 0 Å². The summed E-state index contributed by atoms with van der Waals surface area (Å²) < 4.78 is 22.4. The van der Waals surface area contributed by atoms with E-state index in [9.17, 15) is 8.42 Å². The Balaban J connectivity index is 2.53. The number of thiocarbonyl (C=S) groups is 1. The van der Waals surface area contributed by atoms with Crippen LogP contribution in [-0.4, -0.2) is 31.1 Å². The van der Waals surface area contributed by atoms with Gasteiger partial charge in [0.25, 0.3) is 0 Å². The average molecular weight is 219 g/mol. The van der Waals surface area contributed by atoms with Gasteiger partial charge in [-0.1, -0.05) is 0 Å². The summed E-state index contributed by atoms with van der Waals surface area (Å²) in [5.41, 5.74) is 0. The fourth-order valence-corrected chi connectivity index (χ4v) is 2.95. The Bertz CT molecular complexity index is 309. The van der Waals surface area contributed by atoms with Gasteiger partial charge in [0, 0.05) is 6.26 Å². The molecule has 0 aromatic carbocycles. The van der Waals surface area contributed by atoms with Gasteiger partial charge in [0.2, 0.25) is 0 Å². The Morgan fingerprint density at radius 3 is 2.23 bits per heavy atom. The van der Waals surface area contributed by atoms with Crippen molar-refractivity contribution in [3.05, 3.63) is 0 Å². The number of aliphatic imine (C=N–C) groups is 1. The van der Waals surface area contributed by atoms with Crippen molar-refractivity contribution in [3.63, 3.8) is 0 Å². The maximum absolute atomic E-state index is 11.2. The first kappa shape index (κ1) is 10.8. The van der Waals surface area contributed by atoms with E-state index in [1.165, 1.54) is 6.26 Å². The third kappa shape index (κ3) is 3.18. The molecule has 1 fully saturated rings. The van der Waals surface area contributed by atoms with E-state index >= 15 is 0 Å². The summed E-state index contributed by atoms with van der Waals surface area (Å²) in [5.74, 6) is 0. The molecule has 1 rings (SSSR count). The summed E-state index contributed by atoms with van der Waals surface area (Å²) in [6.07, 6.45) is 4.37. The van der Waals surface area contributed by atoms with E-state index in [4.69, 9.17) is 0 Å². The Labute approximate surface area is 84.2 Å². The van der Waals surface area contributed by atoms with E-state index < -0.39 is 9.84 Å². The molecule has 0 unspecified atom stereocenters. The lowest BCUT2D eigenvalue weighted by molar-refractivity contribution is 0.438. The van der Waals surface area contributed by atoms with Crippen LogP contribution in [0.1, 0.15) is 25.7 Å². The van der Waals surface area contributed by atoms with Crippen molar-refractivity contribution >= 4 is 27.2 Å². The highest BCUT2D eigenvalue weighted by Gasteiger charge is 2.27. The van der Waals surface area contributed by atoms with Crippen molar-refractivity contribution in [3.8, 4) is 0 Å². The fourth-order valence-electron chi connectivity index (χ4n) is 1.68. The fraction of sp³-hybridized carbons (Fsp3) is 0.875. The standard InChI is InChI=1S/C8H13NO2S2/c1-13(10,11)8-4-2-7(3-5-8)9-6-12/h7-8H,2-5H2,1H3. The van der Waals surface area contributed by atoms with Gasteiger partial charge >= 0.3 is 0 Å². The van der Waals surface area contributed by atoms with Gasteiger partial charge < -0.3 is 0 Å². The molecule has 0 aliphatic heterocycles. The number of hydrogen-bond donors (Lipinski definition) is 0. The van der Waals surface area contributed by atoms with Crippen LogP contribution in [0.25, 0.3) is 0 Å². The minimum atomic E-state index is -2.85. The van der Waals surface area contributed by atoms with Crippen LogP contribution < -0.4 is 0 Å². The van der Waals surface area contributed by atoms with Gasteiger partial charge in [-0.05, 0) is 37.9 Å². The van der Waals surface area contributed by atoms with Crippen molar-refractivity contribution in [1.82, 2.24) is 0 Å². The van der Waals surface area contributed by atoms with E-state index in [1.807, 2.05) is 0 Å². The summed E-state index contributed by atoms with van der Waals surface area (Å²) >= 11 is 4.50. The molecule has 0 aromatic rings. The van der Waals surface area contributed by atoms with Crippen molar-refractivity contribution in [1.29, 1.82) is 0 Å². The molecule has 13 heavy (non-hydrogen) atoms. The molecule has 0 bridgehead atoms. The van der Waals surface area contributed by atoms with Crippen LogP contribution in [-0.2, 0) is 9.84 Å². The topological polar surface area (TPSA) is 46.5 Å². The maximum Gasteiger partial charge on any atom is 0.150 e. The molecule has 0 saturated heterocycles. The van der Waals surface area contributed by atoms with Crippen LogP contribution in [0, 0.1) is 0 Å². The number of sulfone groups is 1. The largest absolute Gasteiger partial charge is 0.229 e. The van der Waals surface area contributed by atoms with Crippen molar-refractivity contribution in [2.45, 2.75) is 37.0 Å². The number of nitrogens with zero attached hydrogens (tertiary/aromatic N) is 1. The molecule has 0 aromatic heterocycles. The Morgan fingerprint density at radius 1 is 1.31 bits per heavy atom. The van der Waals surface area contributed by atoms with E-state index in [2.05, 4.69) is 22.4 Å². The van der Waals surface area contributed by atoms with Crippen LogP contribution in [0.3, 0.4) is 0 Å². The molecule has 0 radical (unpaired) electrons. The predicted octanol–water partition coefficient (Wildman–Crippen LogP) is 1.45. The first-order valence-electron chi connectivity index (χ1n) is 4.30. The quantitative estimate of drug-likeness (QED) is 0.521. The molecular weight excluding hydrogens is 206 g/mol. The van der Waals surface area contributed by atoms with Crippen LogP contribution in [0.5, 0.6) is 0 Å². The molecule has 5 heteroatoms. The highest BCUT2D eigenvalue weighted by molar-refractivity contribution is 7.91. The molecule has 0 heterocycles. The lowest BCUT2D eigenvalue weighted by Gasteiger charge is -2.23. The Kier molecular flexibility index (Phi) is 3.59. The SMILES string of the molecule is CS(=O)(=O)C1CCC(N=C=S)CC1. The van der Waals surface area contributed by atoms with E-state index in [0.717, 1.165) is 12.8 Å². The molecule has 74 valence electrons. The minimum absolute atomic E-state index is 0.163. The van der Waals surface area contributed by atoms with Crippen molar-refractivity contribution < 1.29 is 8.42 Å². The van der Waals surface area contributed by atoms with Gasteiger partial charge in [0.15, 0.2) is 0 Å². The summed E-state index contributed by atoms with van der Waals surface area (Å²) in [7, 11) is -2.85. The van der Waals surface area contributed by atoms with Crippen LogP contribution >= 0.6 is 12.2 Å². The molecular formula is C8H13NO2S2. The lowest BCUT2D eigenvalue weighted by Crippen LogP contribution is -2.27. The zero-order valence-electron chi connectivity index (χ0n) is 7.56. The second kappa shape index (κ2) is 4.31.